The number of halogens is 1. The molecule has 0 amide bonds. The Balaban J connectivity index is 2.32. The van der Waals surface area contributed by atoms with E-state index in [1.54, 1.807) is 11.3 Å². The summed E-state index contributed by atoms with van der Waals surface area (Å²) >= 11 is 3.99. The van der Waals surface area contributed by atoms with Gasteiger partial charge in [0.25, 0.3) is 0 Å². The van der Waals surface area contributed by atoms with Gasteiger partial charge in [-0.1, -0.05) is 12.1 Å². The van der Waals surface area contributed by atoms with Crippen LogP contribution in [0.3, 0.4) is 0 Å². The Labute approximate surface area is 101 Å². The van der Waals surface area contributed by atoms with E-state index in [2.05, 4.69) is 57.6 Å². The third kappa shape index (κ3) is 2.16. The summed E-state index contributed by atoms with van der Waals surface area (Å²) < 4.78 is 1.23. The first-order valence-electron chi connectivity index (χ1n) is 4.30. The Morgan fingerprint density at radius 3 is 2.71 bits per heavy atom. The van der Waals surface area contributed by atoms with Crippen molar-refractivity contribution < 1.29 is 0 Å². The smallest absolute Gasteiger partial charge is 0.0560 e. The van der Waals surface area contributed by atoms with Crippen LogP contribution in [0.25, 0.3) is 0 Å². The van der Waals surface area contributed by atoms with E-state index in [9.17, 15) is 0 Å². The Morgan fingerprint density at radius 1 is 1.21 bits per heavy atom. The van der Waals surface area contributed by atoms with Crippen LogP contribution in [0, 0.1) is 3.57 Å². The molecule has 1 heterocycles. The monoisotopic (exact) mass is 315 g/mol. The van der Waals surface area contributed by atoms with Crippen LogP contribution in [0.2, 0.25) is 0 Å². The van der Waals surface area contributed by atoms with E-state index in [4.69, 9.17) is 5.73 Å². The molecule has 0 spiro atoms. The second-order valence-corrected chi connectivity index (χ2v) is 5.12. The third-order valence-electron chi connectivity index (χ3n) is 2.11. The summed E-state index contributed by atoms with van der Waals surface area (Å²) in [6.45, 7) is 0. The number of hydrogen-bond donors (Lipinski definition) is 1. The van der Waals surface area contributed by atoms with Crippen LogP contribution in [0.15, 0.2) is 41.1 Å². The Morgan fingerprint density at radius 2 is 2.07 bits per heavy atom. The number of hydrogen-bond acceptors (Lipinski definition) is 2. The van der Waals surface area contributed by atoms with Crippen molar-refractivity contribution >= 4 is 33.9 Å². The van der Waals surface area contributed by atoms with Crippen LogP contribution in [-0.4, -0.2) is 0 Å². The van der Waals surface area contributed by atoms with E-state index in [-0.39, 0.29) is 6.04 Å². The van der Waals surface area contributed by atoms with Gasteiger partial charge >= 0.3 is 0 Å². The quantitative estimate of drug-likeness (QED) is 0.845. The van der Waals surface area contributed by atoms with Gasteiger partial charge in [-0.25, -0.2) is 0 Å². The van der Waals surface area contributed by atoms with Crippen LogP contribution in [-0.2, 0) is 0 Å². The molecule has 0 saturated carbocycles. The molecule has 0 fully saturated rings. The minimum atomic E-state index is 0.0102. The lowest BCUT2D eigenvalue weighted by Crippen LogP contribution is -2.10. The number of thiophene rings is 1. The van der Waals surface area contributed by atoms with Gasteiger partial charge in [-0.2, -0.15) is 11.3 Å². The van der Waals surface area contributed by atoms with Crippen LogP contribution in [0.4, 0.5) is 0 Å². The fraction of sp³-hybridized carbons (Fsp3) is 0.0909. The van der Waals surface area contributed by atoms with Gasteiger partial charge in [-0.15, -0.1) is 0 Å². The first-order chi connectivity index (χ1) is 6.77. The zero-order valence-electron chi connectivity index (χ0n) is 7.48. The molecule has 0 bridgehead atoms. The van der Waals surface area contributed by atoms with Gasteiger partial charge < -0.3 is 5.73 Å². The molecule has 3 heteroatoms. The molecule has 0 aliphatic carbocycles. The lowest BCUT2D eigenvalue weighted by Gasteiger charge is -2.10. The maximum Gasteiger partial charge on any atom is 0.0560 e. The highest BCUT2D eigenvalue weighted by Crippen LogP contribution is 2.22. The zero-order chi connectivity index (χ0) is 9.97. The summed E-state index contributed by atoms with van der Waals surface area (Å²) in [7, 11) is 0. The van der Waals surface area contributed by atoms with Crippen LogP contribution in [0.1, 0.15) is 17.2 Å². The Hall–Kier alpha value is -0.390. The van der Waals surface area contributed by atoms with E-state index < -0.39 is 0 Å². The fourth-order valence-corrected chi connectivity index (χ4v) is 2.61. The minimum Gasteiger partial charge on any atom is -0.320 e. The van der Waals surface area contributed by atoms with Crippen LogP contribution < -0.4 is 5.73 Å². The SMILES string of the molecule is NC(c1ccsc1)c1cccc(I)c1. The van der Waals surface area contributed by atoms with Gasteiger partial charge in [0.15, 0.2) is 0 Å². The molecular formula is C11H10INS. The van der Waals surface area contributed by atoms with Crippen molar-refractivity contribution in [3.05, 3.63) is 55.8 Å². The molecule has 72 valence electrons. The second-order valence-electron chi connectivity index (χ2n) is 3.09. The van der Waals surface area contributed by atoms with Crippen LogP contribution in [0.5, 0.6) is 0 Å². The molecule has 0 saturated heterocycles. The average Bonchev–Trinajstić information content (AvgIpc) is 2.69. The molecule has 1 aromatic heterocycles. The van der Waals surface area contributed by atoms with Gasteiger partial charge in [-0.3, -0.25) is 0 Å². The van der Waals surface area contributed by atoms with Crippen LogP contribution >= 0.6 is 33.9 Å². The highest BCUT2D eigenvalue weighted by atomic mass is 127. The maximum absolute atomic E-state index is 6.13. The predicted octanol–water partition coefficient (Wildman–Crippen LogP) is 3.40. The largest absolute Gasteiger partial charge is 0.320 e. The molecule has 14 heavy (non-hydrogen) atoms. The van der Waals surface area contributed by atoms with E-state index >= 15 is 0 Å². The molecule has 2 aromatic rings. The third-order valence-corrected chi connectivity index (χ3v) is 3.48. The first kappa shape index (κ1) is 10.1. The van der Waals surface area contributed by atoms with Crippen molar-refractivity contribution in [3.63, 3.8) is 0 Å². The molecule has 0 aliphatic heterocycles. The molecule has 2 rings (SSSR count). The molecule has 1 nitrogen and oxygen atoms in total. The second kappa shape index (κ2) is 4.42. The average molecular weight is 315 g/mol. The highest BCUT2D eigenvalue weighted by molar-refractivity contribution is 14.1. The lowest BCUT2D eigenvalue weighted by atomic mass is 10.0. The summed E-state index contributed by atoms with van der Waals surface area (Å²) in [5, 5.41) is 4.16. The van der Waals surface area contributed by atoms with Gasteiger partial charge in [-0.05, 0) is 62.7 Å². The summed E-state index contributed by atoms with van der Waals surface area (Å²) in [6.07, 6.45) is 0. The van der Waals surface area contributed by atoms with Crippen molar-refractivity contribution in [1.82, 2.24) is 0 Å². The predicted molar refractivity (Wildman–Crippen MR) is 69.5 cm³/mol. The van der Waals surface area contributed by atoms with E-state index in [1.165, 1.54) is 14.7 Å². The van der Waals surface area contributed by atoms with Crippen molar-refractivity contribution in [3.8, 4) is 0 Å². The summed E-state index contributed by atoms with van der Waals surface area (Å²) in [5.41, 5.74) is 8.50. The molecule has 1 aromatic carbocycles. The summed E-state index contributed by atoms with van der Waals surface area (Å²) in [4.78, 5) is 0. The molecule has 0 radical (unpaired) electrons. The van der Waals surface area contributed by atoms with Gasteiger partial charge in [0, 0.05) is 3.57 Å². The standard InChI is InChI=1S/C11H10INS/c12-10-3-1-2-8(6-10)11(13)9-4-5-14-7-9/h1-7,11H,13H2. The van der Waals surface area contributed by atoms with E-state index in [1.807, 2.05) is 6.07 Å². The normalized spacial score (nSPS) is 12.7. The van der Waals surface area contributed by atoms with Gasteiger partial charge in [0.1, 0.15) is 0 Å². The Kier molecular flexibility index (Phi) is 3.20. The molecule has 1 unspecified atom stereocenters. The van der Waals surface area contributed by atoms with Crippen molar-refractivity contribution in [2.45, 2.75) is 6.04 Å². The maximum atomic E-state index is 6.13. The minimum absolute atomic E-state index is 0.0102. The Bertz CT molecular complexity index is 411. The molecule has 1 atom stereocenters. The van der Waals surface area contributed by atoms with Gasteiger partial charge in [0.2, 0.25) is 0 Å². The molecule has 2 N–H and O–H groups in total. The van der Waals surface area contributed by atoms with E-state index in [0.717, 1.165) is 0 Å². The first-order valence-corrected chi connectivity index (χ1v) is 6.32. The van der Waals surface area contributed by atoms with Crippen molar-refractivity contribution in [2.75, 3.05) is 0 Å². The van der Waals surface area contributed by atoms with Crippen molar-refractivity contribution in [2.24, 2.45) is 5.73 Å². The topological polar surface area (TPSA) is 26.0 Å². The highest BCUT2D eigenvalue weighted by Gasteiger charge is 2.08. The number of benzene rings is 1. The van der Waals surface area contributed by atoms with Crippen molar-refractivity contribution in [1.29, 1.82) is 0 Å². The summed E-state index contributed by atoms with van der Waals surface area (Å²) in [5.74, 6) is 0. The number of rotatable bonds is 2. The van der Waals surface area contributed by atoms with E-state index in [0.29, 0.717) is 0 Å². The molecular weight excluding hydrogens is 305 g/mol. The number of nitrogens with two attached hydrogens (primary N) is 1. The zero-order valence-corrected chi connectivity index (χ0v) is 10.5. The fourth-order valence-electron chi connectivity index (χ4n) is 1.34. The molecule has 0 aliphatic rings. The van der Waals surface area contributed by atoms with Gasteiger partial charge in [0.05, 0.1) is 6.04 Å². The summed E-state index contributed by atoms with van der Waals surface area (Å²) in [6, 6.07) is 10.4. The lowest BCUT2D eigenvalue weighted by molar-refractivity contribution is 0.876.